The molecule has 0 fully saturated rings. The van der Waals surface area contributed by atoms with Crippen LogP contribution < -0.4 is 5.32 Å². The van der Waals surface area contributed by atoms with Gasteiger partial charge in [-0.1, -0.05) is 13.8 Å². The normalized spacial score (nSPS) is 14.3. The van der Waals surface area contributed by atoms with Crippen LogP contribution in [-0.4, -0.2) is 27.5 Å². The van der Waals surface area contributed by atoms with E-state index in [0.717, 1.165) is 0 Å². The van der Waals surface area contributed by atoms with Gasteiger partial charge in [-0.15, -0.1) is 0 Å². The van der Waals surface area contributed by atoms with Crippen molar-refractivity contribution in [2.75, 3.05) is 0 Å². The van der Waals surface area contributed by atoms with Crippen molar-refractivity contribution < 1.29 is 19.1 Å². The van der Waals surface area contributed by atoms with Gasteiger partial charge in [-0.3, -0.25) is 9.59 Å². The predicted molar refractivity (Wildman–Crippen MR) is 64.2 cm³/mol. The molecule has 0 radical (unpaired) electrons. The van der Waals surface area contributed by atoms with Gasteiger partial charge in [0.05, 0.1) is 17.7 Å². The first-order valence-electron chi connectivity index (χ1n) is 5.70. The van der Waals surface area contributed by atoms with Crippen LogP contribution in [0.3, 0.4) is 0 Å². The highest BCUT2D eigenvalue weighted by Crippen LogP contribution is 2.22. The maximum absolute atomic E-state index is 12.0. The van der Waals surface area contributed by atoms with E-state index in [0.29, 0.717) is 5.69 Å². The van der Waals surface area contributed by atoms with Crippen molar-refractivity contribution in [3.8, 4) is 0 Å². The van der Waals surface area contributed by atoms with Crippen molar-refractivity contribution in [1.29, 1.82) is 0 Å². The van der Waals surface area contributed by atoms with E-state index in [1.807, 2.05) is 13.8 Å². The van der Waals surface area contributed by atoms with E-state index in [1.54, 1.807) is 13.8 Å². The number of aryl methyl sites for hydroxylation is 1. The van der Waals surface area contributed by atoms with Crippen LogP contribution in [0.2, 0.25) is 0 Å². The van der Waals surface area contributed by atoms with Crippen molar-refractivity contribution in [2.24, 2.45) is 5.92 Å². The van der Waals surface area contributed by atoms with Crippen LogP contribution in [0.15, 0.2) is 10.8 Å². The van der Waals surface area contributed by atoms with Gasteiger partial charge in [0.2, 0.25) is 5.76 Å². The molecule has 0 spiro atoms. The third-order valence-corrected chi connectivity index (χ3v) is 3.14. The quantitative estimate of drug-likeness (QED) is 0.832. The number of nitrogens with one attached hydrogen (secondary N) is 1. The molecule has 6 heteroatoms. The number of oxazole rings is 1. The lowest BCUT2D eigenvalue weighted by molar-refractivity contribution is -0.138. The van der Waals surface area contributed by atoms with Crippen molar-refractivity contribution in [2.45, 2.75) is 39.7 Å². The number of hydrogen-bond donors (Lipinski definition) is 2. The van der Waals surface area contributed by atoms with Gasteiger partial charge >= 0.3 is 5.97 Å². The Balaban J connectivity index is 2.88. The molecule has 6 nitrogen and oxygen atoms in total. The van der Waals surface area contributed by atoms with Crippen LogP contribution in [0.5, 0.6) is 0 Å². The SMILES string of the molecule is Cc1ncoc1C(=O)NC(C)(CC(=O)O)C(C)C. The first-order valence-corrected chi connectivity index (χ1v) is 5.70. The molecular formula is C12H18N2O4. The number of carbonyl (C=O) groups excluding carboxylic acids is 1. The maximum atomic E-state index is 12.0. The average molecular weight is 254 g/mol. The Labute approximate surface area is 105 Å². The van der Waals surface area contributed by atoms with Crippen molar-refractivity contribution >= 4 is 11.9 Å². The van der Waals surface area contributed by atoms with E-state index >= 15 is 0 Å². The summed E-state index contributed by atoms with van der Waals surface area (Å²) in [5, 5.41) is 11.6. The lowest BCUT2D eigenvalue weighted by Crippen LogP contribution is -2.51. The molecule has 1 rings (SSSR count). The number of hydrogen-bond acceptors (Lipinski definition) is 4. The summed E-state index contributed by atoms with van der Waals surface area (Å²) in [5.41, 5.74) is -0.351. The Kier molecular flexibility index (Phi) is 4.11. The van der Waals surface area contributed by atoms with Gasteiger partial charge in [0.1, 0.15) is 0 Å². The van der Waals surface area contributed by atoms with Crippen LogP contribution >= 0.6 is 0 Å². The van der Waals surface area contributed by atoms with E-state index in [1.165, 1.54) is 6.39 Å². The topological polar surface area (TPSA) is 92.4 Å². The van der Waals surface area contributed by atoms with Crippen LogP contribution in [0, 0.1) is 12.8 Å². The van der Waals surface area contributed by atoms with E-state index in [9.17, 15) is 9.59 Å². The van der Waals surface area contributed by atoms with E-state index < -0.39 is 17.4 Å². The number of aromatic nitrogens is 1. The average Bonchev–Trinajstić information content (AvgIpc) is 2.62. The van der Waals surface area contributed by atoms with Gasteiger partial charge in [-0.05, 0) is 19.8 Å². The second kappa shape index (κ2) is 5.20. The molecular weight excluding hydrogens is 236 g/mol. The Bertz CT molecular complexity index is 453. The number of carboxylic acid groups (broad SMARTS) is 1. The monoisotopic (exact) mass is 254 g/mol. The number of aliphatic carboxylic acids is 1. The standard InChI is InChI=1S/C12H18N2O4/c1-7(2)12(4,5-9(15)16)14-11(17)10-8(3)13-6-18-10/h6-7H,5H2,1-4H3,(H,14,17)(H,15,16). The lowest BCUT2D eigenvalue weighted by atomic mass is 9.85. The van der Waals surface area contributed by atoms with Gasteiger partial charge in [-0.25, -0.2) is 4.98 Å². The van der Waals surface area contributed by atoms with Crippen LogP contribution in [0.25, 0.3) is 0 Å². The molecule has 1 atom stereocenters. The van der Waals surface area contributed by atoms with E-state index in [4.69, 9.17) is 9.52 Å². The highest BCUT2D eigenvalue weighted by Gasteiger charge is 2.34. The number of rotatable bonds is 5. The molecule has 1 amide bonds. The summed E-state index contributed by atoms with van der Waals surface area (Å²) in [7, 11) is 0. The second-order valence-electron chi connectivity index (χ2n) is 4.86. The number of carboxylic acids is 1. The summed E-state index contributed by atoms with van der Waals surface area (Å²) in [6.07, 6.45) is 1.04. The largest absolute Gasteiger partial charge is 0.481 e. The Morgan fingerprint density at radius 1 is 1.56 bits per heavy atom. The molecule has 0 saturated heterocycles. The molecule has 0 bridgehead atoms. The molecule has 0 aromatic carbocycles. The molecule has 1 unspecified atom stereocenters. The van der Waals surface area contributed by atoms with Crippen LogP contribution in [0.4, 0.5) is 0 Å². The Morgan fingerprint density at radius 2 is 2.17 bits per heavy atom. The molecule has 1 heterocycles. The minimum Gasteiger partial charge on any atom is -0.481 e. The van der Waals surface area contributed by atoms with Crippen molar-refractivity contribution in [3.05, 3.63) is 17.8 Å². The first-order chi connectivity index (χ1) is 8.26. The Morgan fingerprint density at radius 3 is 2.56 bits per heavy atom. The molecule has 18 heavy (non-hydrogen) atoms. The third-order valence-electron chi connectivity index (χ3n) is 3.14. The van der Waals surface area contributed by atoms with Gasteiger partial charge in [0.15, 0.2) is 6.39 Å². The van der Waals surface area contributed by atoms with Gasteiger partial charge < -0.3 is 14.8 Å². The summed E-state index contributed by atoms with van der Waals surface area (Å²) in [5.74, 6) is -1.31. The molecule has 0 aliphatic rings. The van der Waals surface area contributed by atoms with Crippen LogP contribution in [0.1, 0.15) is 43.4 Å². The van der Waals surface area contributed by atoms with Crippen molar-refractivity contribution in [3.63, 3.8) is 0 Å². The summed E-state index contributed by atoms with van der Waals surface area (Å²) >= 11 is 0. The first kappa shape index (κ1) is 14.2. The number of amides is 1. The summed E-state index contributed by atoms with van der Waals surface area (Å²) in [4.78, 5) is 26.7. The molecule has 1 aromatic rings. The highest BCUT2D eigenvalue weighted by molar-refractivity contribution is 5.93. The molecule has 0 aliphatic carbocycles. The third kappa shape index (κ3) is 3.09. The molecule has 0 saturated carbocycles. The summed E-state index contributed by atoms with van der Waals surface area (Å²) in [6, 6.07) is 0. The zero-order chi connectivity index (χ0) is 13.9. The minimum absolute atomic E-state index is 0.0271. The molecule has 1 aromatic heterocycles. The fourth-order valence-corrected chi connectivity index (χ4v) is 1.54. The minimum atomic E-state index is -0.958. The fraction of sp³-hybridized carbons (Fsp3) is 0.583. The maximum Gasteiger partial charge on any atom is 0.305 e. The van der Waals surface area contributed by atoms with Gasteiger partial charge in [-0.2, -0.15) is 0 Å². The van der Waals surface area contributed by atoms with Crippen molar-refractivity contribution in [1.82, 2.24) is 10.3 Å². The zero-order valence-corrected chi connectivity index (χ0v) is 11.0. The van der Waals surface area contributed by atoms with Gasteiger partial charge in [0, 0.05) is 0 Å². The highest BCUT2D eigenvalue weighted by atomic mass is 16.4. The van der Waals surface area contributed by atoms with Gasteiger partial charge in [0.25, 0.3) is 5.91 Å². The summed E-state index contributed by atoms with van der Waals surface area (Å²) < 4.78 is 4.99. The summed E-state index contributed by atoms with van der Waals surface area (Å²) in [6.45, 7) is 7.07. The fourth-order valence-electron chi connectivity index (χ4n) is 1.54. The smallest absolute Gasteiger partial charge is 0.305 e. The second-order valence-corrected chi connectivity index (χ2v) is 4.86. The predicted octanol–water partition coefficient (Wildman–Crippen LogP) is 1.60. The zero-order valence-electron chi connectivity index (χ0n) is 11.0. The number of nitrogens with zero attached hydrogens (tertiary/aromatic N) is 1. The van der Waals surface area contributed by atoms with Crippen LogP contribution in [-0.2, 0) is 4.79 Å². The molecule has 2 N–H and O–H groups in total. The van der Waals surface area contributed by atoms with E-state index in [2.05, 4.69) is 10.3 Å². The number of carbonyl (C=O) groups is 2. The van der Waals surface area contributed by atoms with E-state index in [-0.39, 0.29) is 18.1 Å². The molecule has 100 valence electrons. The Hall–Kier alpha value is -1.85. The molecule has 0 aliphatic heterocycles. The lowest BCUT2D eigenvalue weighted by Gasteiger charge is -2.33.